The van der Waals surface area contributed by atoms with Gasteiger partial charge in [0.2, 0.25) is 0 Å². The second kappa shape index (κ2) is 15.9. The molecule has 0 aliphatic rings. The molecule has 104 valence electrons. The number of hydrogen-bond acceptors (Lipinski definition) is 3. The monoisotopic (exact) mass is 245 g/mol. The molecule has 0 atom stereocenters. The number of aliphatic hydroxyl groups excluding tert-OH is 1. The van der Waals surface area contributed by atoms with E-state index in [4.69, 9.17) is 9.84 Å². The van der Waals surface area contributed by atoms with Gasteiger partial charge in [0.1, 0.15) is 0 Å². The van der Waals surface area contributed by atoms with E-state index in [-0.39, 0.29) is 6.61 Å². The van der Waals surface area contributed by atoms with Crippen molar-refractivity contribution in [2.24, 2.45) is 0 Å². The zero-order valence-corrected chi connectivity index (χ0v) is 11.5. The molecule has 0 saturated heterocycles. The molecule has 0 amide bonds. The smallest absolute Gasteiger partial charge is 0.0697 e. The van der Waals surface area contributed by atoms with Crippen LogP contribution in [0.4, 0.5) is 0 Å². The van der Waals surface area contributed by atoms with Crippen molar-refractivity contribution < 1.29 is 9.84 Å². The summed E-state index contributed by atoms with van der Waals surface area (Å²) in [6.45, 7) is 2.61. The van der Waals surface area contributed by atoms with E-state index in [1.165, 1.54) is 51.4 Å². The maximum absolute atomic E-state index is 8.51. The molecule has 0 aliphatic carbocycles. The van der Waals surface area contributed by atoms with Crippen molar-refractivity contribution in [3.63, 3.8) is 0 Å². The summed E-state index contributed by atoms with van der Waals surface area (Å²) in [7, 11) is 2.02. The van der Waals surface area contributed by atoms with Gasteiger partial charge in [-0.1, -0.05) is 44.9 Å². The van der Waals surface area contributed by atoms with Crippen LogP contribution in [-0.2, 0) is 4.74 Å². The standard InChI is InChI=1S/C14H31NO2/c1-15-11-9-7-5-3-2-4-6-8-10-13-17-14-12-16/h15-16H,2-14H2,1H3. The predicted molar refractivity (Wildman–Crippen MR) is 73.4 cm³/mol. The fraction of sp³-hybridized carbons (Fsp3) is 1.00. The van der Waals surface area contributed by atoms with Crippen LogP contribution in [0.1, 0.15) is 57.8 Å². The first-order valence-electron chi connectivity index (χ1n) is 7.25. The summed E-state index contributed by atoms with van der Waals surface area (Å²) < 4.78 is 5.21. The van der Waals surface area contributed by atoms with Crippen LogP contribution in [0.2, 0.25) is 0 Å². The number of nitrogens with one attached hydrogen (secondary N) is 1. The van der Waals surface area contributed by atoms with Crippen molar-refractivity contribution in [1.82, 2.24) is 5.32 Å². The summed E-state index contributed by atoms with van der Waals surface area (Å²) in [5.74, 6) is 0. The Morgan fingerprint density at radius 1 is 0.765 bits per heavy atom. The summed E-state index contributed by atoms with van der Waals surface area (Å²) in [5, 5.41) is 11.7. The quantitative estimate of drug-likeness (QED) is 0.462. The third-order valence-corrected chi connectivity index (χ3v) is 2.95. The van der Waals surface area contributed by atoms with Gasteiger partial charge >= 0.3 is 0 Å². The molecule has 3 heteroatoms. The van der Waals surface area contributed by atoms with Crippen LogP contribution in [0, 0.1) is 0 Å². The second-order valence-electron chi connectivity index (χ2n) is 4.62. The van der Waals surface area contributed by atoms with Gasteiger partial charge in [0.15, 0.2) is 0 Å². The Kier molecular flexibility index (Phi) is 15.8. The lowest BCUT2D eigenvalue weighted by Gasteiger charge is -2.03. The van der Waals surface area contributed by atoms with E-state index in [0.29, 0.717) is 6.61 Å². The van der Waals surface area contributed by atoms with Gasteiger partial charge in [-0.2, -0.15) is 0 Å². The highest BCUT2D eigenvalue weighted by Gasteiger charge is 1.93. The molecular weight excluding hydrogens is 214 g/mol. The molecule has 0 aliphatic heterocycles. The van der Waals surface area contributed by atoms with Crippen LogP contribution in [0.5, 0.6) is 0 Å². The Bertz CT molecular complexity index is 117. The topological polar surface area (TPSA) is 41.5 Å². The Hall–Kier alpha value is -0.120. The summed E-state index contributed by atoms with van der Waals surface area (Å²) in [4.78, 5) is 0. The van der Waals surface area contributed by atoms with Gasteiger partial charge in [-0.05, 0) is 26.4 Å². The molecule has 0 rings (SSSR count). The number of unbranched alkanes of at least 4 members (excludes halogenated alkanes) is 8. The van der Waals surface area contributed by atoms with E-state index >= 15 is 0 Å². The highest BCUT2D eigenvalue weighted by Crippen LogP contribution is 2.09. The molecule has 0 aromatic carbocycles. The minimum absolute atomic E-state index is 0.146. The first-order chi connectivity index (χ1) is 8.41. The molecule has 0 aromatic heterocycles. The third-order valence-electron chi connectivity index (χ3n) is 2.95. The first-order valence-corrected chi connectivity index (χ1v) is 7.25. The van der Waals surface area contributed by atoms with E-state index in [9.17, 15) is 0 Å². The van der Waals surface area contributed by atoms with Crippen LogP contribution < -0.4 is 5.32 Å². The van der Waals surface area contributed by atoms with E-state index in [1.807, 2.05) is 7.05 Å². The van der Waals surface area contributed by atoms with Crippen LogP contribution in [0.3, 0.4) is 0 Å². The van der Waals surface area contributed by atoms with E-state index < -0.39 is 0 Å². The highest BCUT2D eigenvalue weighted by molar-refractivity contribution is 4.48. The largest absolute Gasteiger partial charge is 0.394 e. The van der Waals surface area contributed by atoms with Crippen molar-refractivity contribution in [1.29, 1.82) is 0 Å². The van der Waals surface area contributed by atoms with Gasteiger partial charge in [0.05, 0.1) is 13.2 Å². The van der Waals surface area contributed by atoms with Gasteiger partial charge < -0.3 is 15.2 Å². The Morgan fingerprint density at radius 2 is 1.29 bits per heavy atom. The normalized spacial score (nSPS) is 10.9. The summed E-state index contributed by atoms with van der Waals surface area (Å²) in [6.07, 6.45) is 12.0. The van der Waals surface area contributed by atoms with Crippen molar-refractivity contribution in [3.05, 3.63) is 0 Å². The number of hydrogen-bond donors (Lipinski definition) is 2. The predicted octanol–water partition coefficient (Wildman–Crippen LogP) is 2.73. The average molecular weight is 245 g/mol. The maximum Gasteiger partial charge on any atom is 0.0697 e. The molecule has 0 aromatic rings. The molecule has 0 saturated carbocycles. The number of aliphatic hydroxyl groups is 1. The van der Waals surface area contributed by atoms with Crippen molar-refractivity contribution in [3.8, 4) is 0 Å². The highest BCUT2D eigenvalue weighted by atomic mass is 16.5. The van der Waals surface area contributed by atoms with Crippen LogP contribution in [-0.4, -0.2) is 38.5 Å². The van der Waals surface area contributed by atoms with Crippen LogP contribution >= 0.6 is 0 Å². The van der Waals surface area contributed by atoms with Crippen molar-refractivity contribution in [2.75, 3.05) is 33.4 Å². The molecule has 3 nitrogen and oxygen atoms in total. The summed E-state index contributed by atoms with van der Waals surface area (Å²) in [6, 6.07) is 0. The third kappa shape index (κ3) is 15.9. The minimum Gasteiger partial charge on any atom is -0.394 e. The minimum atomic E-state index is 0.146. The SMILES string of the molecule is CNCCCCCCCCCCCOCCO. The Labute approximate surface area is 107 Å². The lowest BCUT2D eigenvalue weighted by atomic mass is 10.1. The van der Waals surface area contributed by atoms with E-state index in [2.05, 4.69) is 5.32 Å². The lowest BCUT2D eigenvalue weighted by Crippen LogP contribution is -2.06. The van der Waals surface area contributed by atoms with E-state index in [0.717, 1.165) is 19.6 Å². The molecule has 0 radical (unpaired) electrons. The lowest BCUT2D eigenvalue weighted by molar-refractivity contribution is 0.0895. The summed E-state index contributed by atoms with van der Waals surface area (Å²) in [5.41, 5.74) is 0. The Morgan fingerprint density at radius 3 is 1.82 bits per heavy atom. The van der Waals surface area contributed by atoms with Gasteiger partial charge in [-0.15, -0.1) is 0 Å². The molecule has 0 bridgehead atoms. The van der Waals surface area contributed by atoms with Gasteiger partial charge in [-0.25, -0.2) is 0 Å². The van der Waals surface area contributed by atoms with Crippen LogP contribution in [0.15, 0.2) is 0 Å². The van der Waals surface area contributed by atoms with Crippen molar-refractivity contribution in [2.45, 2.75) is 57.8 Å². The average Bonchev–Trinajstić information content (AvgIpc) is 2.35. The number of ether oxygens (including phenoxy) is 1. The fourth-order valence-corrected chi connectivity index (χ4v) is 1.91. The zero-order chi connectivity index (χ0) is 12.6. The Balaban J connectivity index is 2.85. The van der Waals surface area contributed by atoms with Crippen molar-refractivity contribution >= 4 is 0 Å². The molecule has 0 spiro atoms. The van der Waals surface area contributed by atoms with Gasteiger partial charge in [0, 0.05) is 6.61 Å². The van der Waals surface area contributed by atoms with E-state index in [1.54, 1.807) is 0 Å². The molecule has 17 heavy (non-hydrogen) atoms. The fourth-order valence-electron chi connectivity index (χ4n) is 1.91. The molecule has 0 unspecified atom stereocenters. The maximum atomic E-state index is 8.51. The second-order valence-corrected chi connectivity index (χ2v) is 4.62. The zero-order valence-electron chi connectivity index (χ0n) is 11.5. The summed E-state index contributed by atoms with van der Waals surface area (Å²) >= 11 is 0. The molecular formula is C14H31NO2. The first kappa shape index (κ1) is 16.9. The van der Waals surface area contributed by atoms with Gasteiger partial charge in [-0.3, -0.25) is 0 Å². The number of rotatable bonds is 14. The molecule has 0 fully saturated rings. The van der Waals surface area contributed by atoms with Gasteiger partial charge in [0.25, 0.3) is 0 Å². The molecule has 2 N–H and O–H groups in total. The van der Waals surface area contributed by atoms with Crippen LogP contribution in [0.25, 0.3) is 0 Å². The molecule has 0 heterocycles.